The number of carbonyl (C=O) groups excluding carboxylic acids is 2. The molecule has 0 unspecified atom stereocenters. The van der Waals surface area contributed by atoms with Gasteiger partial charge in [0.05, 0.1) is 24.5 Å². The summed E-state index contributed by atoms with van der Waals surface area (Å²) in [5, 5.41) is 3.86. The molecule has 0 aliphatic heterocycles. The Hall–Kier alpha value is -3.74. The van der Waals surface area contributed by atoms with E-state index in [-0.39, 0.29) is 5.91 Å². The summed E-state index contributed by atoms with van der Waals surface area (Å²) in [5.74, 6) is 0.0882. The van der Waals surface area contributed by atoms with E-state index >= 15 is 0 Å². The summed E-state index contributed by atoms with van der Waals surface area (Å²) < 4.78 is 10.5. The quantitative estimate of drug-likeness (QED) is 0.434. The van der Waals surface area contributed by atoms with E-state index in [0.717, 1.165) is 0 Å². The number of amides is 1. The van der Waals surface area contributed by atoms with Gasteiger partial charge in [0, 0.05) is 18.0 Å². The summed E-state index contributed by atoms with van der Waals surface area (Å²) in [6.07, 6.45) is 4.40. The number of benzene rings is 1. The fourth-order valence-electron chi connectivity index (χ4n) is 2.27. The van der Waals surface area contributed by atoms with Crippen molar-refractivity contribution in [2.75, 3.05) is 7.11 Å². The lowest BCUT2D eigenvalue weighted by molar-refractivity contribution is 0.0601. The van der Waals surface area contributed by atoms with Crippen LogP contribution in [0.15, 0.2) is 70.4 Å². The molecule has 7 heteroatoms. The number of nitrogens with one attached hydrogen (secondary N) is 1. The van der Waals surface area contributed by atoms with E-state index in [0.29, 0.717) is 28.2 Å². The number of pyridine rings is 1. The summed E-state index contributed by atoms with van der Waals surface area (Å²) in [5.41, 5.74) is 3.80. The highest BCUT2D eigenvalue weighted by Gasteiger charge is 2.15. The maximum absolute atomic E-state index is 11.9. The Morgan fingerprint density at radius 1 is 1.15 bits per heavy atom. The van der Waals surface area contributed by atoms with E-state index in [1.807, 2.05) is 0 Å². The number of hydrogen-bond acceptors (Lipinski definition) is 6. The van der Waals surface area contributed by atoms with Gasteiger partial charge in [0.2, 0.25) is 0 Å². The number of methoxy groups -OCH3 is 1. The van der Waals surface area contributed by atoms with Gasteiger partial charge in [-0.05, 0) is 30.3 Å². The summed E-state index contributed by atoms with van der Waals surface area (Å²) >= 11 is 0. The van der Waals surface area contributed by atoms with E-state index in [1.165, 1.54) is 19.5 Å². The number of furan rings is 1. The summed E-state index contributed by atoms with van der Waals surface area (Å²) in [6.45, 7) is 0. The highest BCUT2D eigenvalue weighted by Crippen LogP contribution is 2.25. The van der Waals surface area contributed by atoms with Crippen LogP contribution in [0.1, 0.15) is 26.5 Å². The molecule has 0 aliphatic rings. The molecule has 0 atom stereocenters. The van der Waals surface area contributed by atoms with Gasteiger partial charge in [-0.25, -0.2) is 10.2 Å². The molecule has 3 rings (SSSR count). The van der Waals surface area contributed by atoms with Gasteiger partial charge in [-0.3, -0.25) is 9.78 Å². The first-order valence-corrected chi connectivity index (χ1v) is 7.70. The highest BCUT2D eigenvalue weighted by atomic mass is 16.5. The lowest BCUT2D eigenvalue weighted by Crippen LogP contribution is -2.17. The molecule has 2 aromatic heterocycles. The Kier molecular flexibility index (Phi) is 5.19. The van der Waals surface area contributed by atoms with Gasteiger partial charge < -0.3 is 9.15 Å². The molecule has 7 nitrogen and oxygen atoms in total. The molecule has 0 spiro atoms. The molecular weight excluding hydrogens is 334 g/mol. The van der Waals surface area contributed by atoms with Crippen LogP contribution in [-0.4, -0.2) is 30.2 Å². The Balaban J connectivity index is 1.73. The first-order chi connectivity index (χ1) is 12.7. The molecule has 2 heterocycles. The van der Waals surface area contributed by atoms with Gasteiger partial charge in [-0.1, -0.05) is 18.2 Å². The van der Waals surface area contributed by atoms with Crippen molar-refractivity contribution in [2.24, 2.45) is 5.10 Å². The number of hydrogen-bond donors (Lipinski definition) is 1. The minimum Gasteiger partial charge on any atom is -0.465 e. The molecule has 0 bridgehead atoms. The van der Waals surface area contributed by atoms with Gasteiger partial charge in [-0.15, -0.1) is 0 Å². The van der Waals surface area contributed by atoms with Crippen LogP contribution in [-0.2, 0) is 4.74 Å². The van der Waals surface area contributed by atoms with Crippen LogP contribution in [0.3, 0.4) is 0 Å². The minimum absolute atomic E-state index is 0.378. The van der Waals surface area contributed by atoms with E-state index in [4.69, 9.17) is 9.15 Å². The molecule has 1 aromatic carbocycles. The predicted molar refractivity (Wildman–Crippen MR) is 94.8 cm³/mol. The highest BCUT2D eigenvalue weighted by molar-refractivity contribution is 5.97. The SMILES string of the molecule is COC(=O)c1ccccc1-c1ccc(C=NNC(=O)c2cccnc2)o1. The maximum Gasteiger partial charge on any atom is 0.338 e. The Morgan fingerprint density at radius 3 is 2.77 bits per heavy atom. The van der Waals surface area contributed by atoms with Crippen LogP contribution in [0.2, 0.25) is 0 Å². The summed E-state index contributed by atoms with van der Waals surface area (Å²) in [4.78, 5) is 27.6. The molecule has 3 aromatic rings. The van der Waals surface area contributed by atoms with Crippen molar-refractivity contribution in [2.45, 2.75) is 0 Å². The third-order valence-electron chi connectivity index (χ3n) is 3.51. The Morgan fingerprint density at radius 2 is 2.00 bits per heavy atom. The monoisotopic (exact) mass is 349 g/mol. The molecule has 1 amide bonds. The molecule has 130 valence electrons. The van der Waals surface area contributed by atoms with Gasteiger partial charge in [-0.2, -0.15) is 5.10 Å². The second-order valence-electron chi connectivity index (χ2n) is 5.18. The zero-order chi connectivity index (χ0) is 18.4. The third-order valence-corrected chi connectivity index (χ3v) is 3.51. The van der Waals surface area contributed by atoms with Crippen molar-refractivity contribution in [1.29, 1.82) is 0 Å². The molecule has 26 heavy (non-hydrogen) atoms. The van der Waals surface area contributed by atoms with Crippen LogP contribution < -0.4 is 5.43 Å². The number of aromatic nitrogens is 1. The Labute approximate surface area is 149 Å². The number of carbonyl (C=O) groups is 2. The molecular formula is C19H15N3O4. The van der Waals surface area contributed by atoms with E-state index in [1.54, 1.807) is 54.7 Å². The van der Waals surface area contributed by atoms with Crippen molar-refractivity contribution in [3.63, 3.8) is 0 Å². The molecule has 0 aliphatic carbocycles. The number of ether oxygens (including phenoxy) is 1. The largest absolute Gasteiger partial charge is 0.465 e. The zero-order valence-electron chi connectivity index (χ0n) is 13.9. The lowest BCUT2D eigenvalue weighted by atomic mass is 10.1. The zero-order valence-corrected chi connectivity index (χ0v) is 13.9. The average molecular weight is 349 g/mol. The molecule has 0 saturated carbocycles. The molecule has 0 fully saturated rings. The first-order valence-electron chi connectivity index (χ1n) is 7.70. The number of hydrazone groups is 1. The number of rotatable bonds is 5. The van der Waals surface area contributed by atoms with E-state index in [9.17, 15) is 9.59 Å². The van der Waals surface area contributed by atoms with Crippen LogP contribution in [0.25, 0.3) is 11.3 Å². The molecule has 1 N–H and O–H groups in total. The van der Waals surface area contributed by atoms with Crippen molar-refractivity contribution in [1.82, 2.24) is 10.4 Å². The fraction of sp³-hybridized carbons (Fsp3) is 0.0526. The van der Waals surface area contributed by atoms with Gasteiger partial charge in [0.25, 0.3) is 5.91 Å². The topological polar surface area (TPSA) is 93.8 Å². The standard InChI is InChI=1S/C19H15N3O4/c1-25-19(24)16-7-3-2-6-15(16)17-9-8-14(26-17)12-21-22-18(23)13-5-4-10-20-11-13/h2-12H,1H3,(H,22,23). The summed E-state index contributed by atoms with van der Waals surface area (Å²) in [6, 6.07) is 13.7. The van der Waals surface area contributed by atoms with Gasteiger partial charge in [0.15, 0.2) is 0 Å². The minimum atomic E-state index is -0.448. The maximum atomic E-state index is 11.9. The number of nitrogens with zero attached hydrogens (tertiary/aromatic N) is 2. The summed E-state index contributed by atoms with van der Waals surface area (Å²) in [7, 11) is 1.32. The van der Waals surface area contributed by atoms with E-state index < -0.39 is 5.97 Å². The Bertz CT molecular complexity index is 948. The normalized spacial score (nSPS) is 10.7. The van der Waals surface area contributed by atoms with Crippen LogP contribution in [0.4, 0.5) is 0 Å². The first kappa shape index (κ1) is 17.1. The smallest absolute Gasteiger partial charge is 0.338 e. The van der Waals surface area contributed by atoms with Crippen molar-refractivity contribution < 1.29 is 18.7 Å². The van der Waals surface area contributed by atoms with Crippen molar-refractivity contribution in [3.8, 4) is 11.3 Å². The average Bonchev–Trinajstić information content (AvgIpc) is 3.16. The second-order valence-corrected chi connectivity index (χ2v) is 5.18. The van der Waals surface area contributed by atoms with Crippen molar-refractivity contribution >= 4 is 18.1 Å². The van der Waals surface area contributed by atoms with Crippen LogP contribution in [0, 0.1) is 0 Å². The second kappa shape index (κ2) is 7.89. The van der Waals surface area contributed by atoms with Crippen LogP contribution >= 0.6 is 0 Å². The van der Waals surface area contributed by atoms with E-state index in [2.05, 4.69) is 15.5 Å². The van der Waals surface area contributed by atoms with Crippen molar-refractivity contribution in [3.05, 3.63) is 77.8 Å². The molecule has 0 radical (unpaired) electrons. The fourth-order valence-corrected chi connectivity index (χ4v) is 2.27. The number of esters is 1. The lowest BCUT2D eigenvalue weighted by Gasteiger charge is -2.04. The predicted octanol–water partition coefficient (Wildman–Crippen LogP) is 2.89. The third kappa shape index (κ3) is 3.84. The van der Waals surface area contributed by atoms with Gasteiger partial charge >= 0.3 is 5.97 Å². The van der Waals surface area contributed by atoms with Gasteiger partial charge in [0.1, 0.15) is 11.5 Å². The molecule has 0 saturated heterocycles. The van der Waals surface area contributed by atoms with Crippen LogP contribution in [0.5, 0.6) is 0 Å².